The number of hydrogen-bond donors (Lipinski definition) is 2. The highest BCUT2D eigenvalue weighted by Crippen LogP contribution is 2.30. The third-order valence-corrected chi connectivity index (χ3v) is 4.54. The van der Waals surface area contributed by atoms with Crippen LogP contribution in [-0.4, -0.2) is 34.5 Å². The van der Waals surface area contributed by atoms with Crippen LogP contribution >= 0.6 is 0 Å². The van der Waals surface area contributed by atoms with E-state index in [1.807, 2.05) is 29.7 Å². The average Bonchev–Trinajstić information content (AvgIpc) is 3.32. The zero-order valence-electron chi connectivity index (χ0n) is 16.7. The van der Waals surface area contributed by atoms with E-state index in [9.17, 15) is 13.2 Å². The van der Waals surface area contributed by atoms with Crippen molar-refractivity contribution in [1.29, 1.82) is 0 Å². The van der Waals surface area contributed by atoms with Crippen LogP contribution in [-0.2, 0) is 6.18 Å². The first-order valence-corrected chi connectivity index (χ1v) is 9.25. The van der Waals surface area contributed by atoms with Crippen LogP contribution in [0.4, 0.5) is 25.1 Å². The van der Waals surface area contributed by atoms with Gasteiger partial charge in [-0.25, -0.2) is 4.98 Å². The second-order valence-corrected chi connectivity index (χ2v) is 7.18. The highest BCUT2D eigenvalue weighted by Gasteiger charge is 2.38. The maximum absolute atomic E-state index is 12.8. The van der Waals surface area contributed by atoms with Crippen LogP contribution in [0.5, 0.6) is 0 Å². The lowest BCUT2D eigenvalue weighted by Crippen LogP contribution is -2.20. The van der Waals surface area contributed by atoms with E-state index in [4.69, 9.17) is 10.3 Å². The molecule has 31 heavy (non-hydrogen) atoms. The fourth-order valence-corrected chi connectivity index (χ4v) is 2.97. The van der Waals surface area contributed by atoms with Crippen LogP contribution in [0.25, 0.3) is 16.9 Å². The molecule has 0 aliphatic carbocycles. The van der Waals surface area contributed by atoms with Gasteiger partial charge in [0.1, 0.15) is 11.9 Å². The van der Waals surface area contributed by atoms with E-state index in [0.29, 0.717) is 5.56 Å². The lowest BCUT2D eigenvalue weighted by atomic mass is 10.0. The first kappa shape index (κ1) is 20.5. The highest BCUT2D eigenvalue weighted by molar-refractivity contribution is 5.61. The standard InChI is InChI=1S/C18H18F3N9O/c1-8(2)12(14-27-15(29-31-14)18(19,20)21)24-17-26-13(25-16(22)28-17)10-4-5-11-6-23-9(3)30(11)7-10/h4-8,12H,1-3H3,(H3,22,24,25,26,28). The Balaban J connectivity index is 1.68. The summed E-state index contributed by atoms with van der Waals surface area (Å²) in [5.74, 6) is -0.738. The summed E-state index contributed by atoms with van der Waals surface area (Å²) in [5.41, 5.74) is 7.41. The molecule has 1 unspecified atom stereocenters. The van der Waals surface area contributed by atoms with E-state index < -0.39 is 18.0 Å². The second-order valence-electron chi connectivity index (χ2n) is 7.18. The lowest BCUT2D eigenvalue weighted by molar-refractivity contribution is -0.146. The maximum atomic E-state index is 12.8. The van der Waals surface area contributed by atoms with Gasteiger partial charge in [-0.3, -0.25) is 0 Å². The number of imidazole rings is 1. The summed E-state index contributed by atoms with van der Waals surface area (Å²) < 4.78 is 45.2. The Morgan fingerprint density at radius 2 is 1.90 bits per heavy atom. The number of anilines is 2. The summed E-state index contributed by atoms with van der Waals surface area (Å²) >= 11 is 0. The number of nitrogen functional groups attached to an aromatic ring is 1. The molecule has 4 heterocycles. The predicted octanol–water partition coefficient (Wildman–Crippen LogP) is 3.29. The van der Waals surface area contributed by atoms with Gasteiger partial charge in [0, 0.05) is 11.8 Å². The smallest absolute Gasteiger partial charge is 0.368 e. The monoisotopic (exact) mass is 433 g/mol. The molecule has 0 radical (unpaired) electrons. The minimum atomic E-state index is -4.71. The van der Waals surface area contributed by atoms with E-state index in [1.54, 1.807) is 20.0 Å². The number of nitrogens with two attached hydrogens (primary N) is 1. The Kier molecular flexibility index (Phi) is 4.95. The maximum Gasteiger partial charge on any atom is 0.455 e. The van der Waals surface area contributed by atoms with Gasteiger partial charge in [-0.15, -0.1) is 0 Å². The number of hydrogen-bond acceptors (Lipinski definition) is 9. The molecule has 0 aliphatic rings. The Morgan fingerprint density at radius 3 is 2.58 bits per heavy atom. The summed E-state index contributed by atoms with van der Waals surface area (Å²) in [6, 6.07) is 2.88. The van der Waals surface area contributed by atoms with Crippen molar-refractivity contribution in [3.8, 4) is 11.4 Å². The number of nitrogens with zero attached hydrogens (tertiary/aromatic N) is 7. The Bertz CT molecular complexity index is 1230. The first-order valence-electron chi connectivity index (χ1n) is 9.25. The van der Waals surface area contributed by atoms with Crippen molar-refractivity contribution in [3.63, 3.8) is 0 Å². The van der Waals surface area contributed by atoms with Crippen molar-refractivity contribution in [2.24, 2.45) is 5.92 Å². The molecule has 3 N–H and O–H groups in total. The normalized spacial score (nSPS) is 13.1. The highest BCUT2D eigenvalue weighted by atomic mass is 19.4. The van der Waals surface area contributed by atoms with Crippen molar-refractivity contribution in [2.75, 3.05) is 11.1 Å². The number of alkyl halides is 3. The number of halogens is 3. The number of fused-ring (bicyclic) bond motifs is 1. The molecule has 162 valence electrons. The molecular formula is C18H18F3N9O. The number of rotatable bonds is 5. The summed E-state index contributed by atoms with van der Waals surface area (Å²) in [6.07, 6.45) is -1.16. The van der Waals surface area contributed by atoms with E-state index >= 15 is 0 Å². The largest absolute Gasteiger partial charge is 0.455 e. The average molecular weight is 433 g/mol. The van der Waals surface area contributed by atoms with Gasteiger partial charge in [0.25, 0.3) is 5.82 Å². The van der Waals surface area contributed by atoms with Crippen LogP contribution in [0.15, 0.2) is 29.0 Å². The van der Waals surface area contributed by atoms with Gasteiger partial charge in [0.15, 0.2) is 5.82 Å². The van der Waals surface area contributed by atoms with Gasteiger partial charge < -0.3 is 20.0 Å². The number of pyridine rings is 1. The van der Waals surface area contributed by atoms with Crippen molar-refractivity contribution >= 4 is 17.4 Å². The fourth-order valence-electron chi connectivity index (χ4n) is 2.97. The molecule has 0 amide bonds. The Hall–Kier alpha value is -3.77. The van der Waals surface area contributed by atoms with E-state index in [1.165, 1.54) is 0 Å². The van der Waals surface area contributed by atoms with Crippen LogP contribution in [0.3, 0.4) is 0 Å². The van der Waals surface area contributed by atoms with E-state index in [-0.39, 0.29) is 29.5 Å². The van der Waals surface area contributed by atoms with Gasteiger partial charge in [-0.05, 0) is 25.0 Å². The van der Waals surface area contributed by atoms with Crippen molar-refractivity contribution < 1.29 is 17.7 Å². The summed E-state index contributed by atoms with van der Waals surface area (Å²) in [5, 5.41) is 5.94. The molecular weight excluding hydrogens is 415 g/mol. The molecule has 0 spiro atoms. The summed E-state index contributed by atoms with van der Waals surface area (Å²) in [4.78, 5) is 20.3. The first-order chi connectivity index (χ1) is 14.6. The minimum absolute atomic E-state index is 0.0565. The molecule has 0 aliphatic heterocycles. The third kappa shape index (κ3) is 4.11. The van der Waals surface area contributed by atoms with Crippen LogP contribution in [0.2, 0.25) is 0 Å². The SMILES string of the molecule is Cc1ncc2ccc(-c3nc(N)nc(NC(c4nc(C(F)(F)F)no4)C(C)C)n3)cn12. The molecule has 4 rings (SSSR count). The molecule has 0 aromatic carbocycles. The lowest BCUT2D eigenvalue weighted by Gasteiger charge is -2.18. The van der Waals surface area contributed by atoms with Gasteiger partial charge in [0.05, 0.1) is 11.7 Å². The van der Waals surface area contributed by atoms with Gasteiger partial charge in [-0.1, -0.05) is 19.0 Å². The Labute approximate surface area is 173 Å². The van der Waals surface area contributed by atoms with Crippen molar-refractivity contribution in [2.45, 2.75) is 33.0 Å². The zero-order valence-corrected chi connectivity index (χ0v) is 16.7. The molecule has 0 bridgehead atoms. The zero-order chi connectivity index (χ0) is 22.3. The molecule has 1 atom stereocenters. The molecule has 0 saturated carbocycles. The Morgan fingerprint density at radius 1 is 1.13 bits per heavy atom. The van der Waals surface area contributed by atoms with Crippen molar-refractivity contribution in [1.82, 2.24) is 34.5 Å². The van der Waals surface area contributed by atoms with Crippen LogP contribution in [0, 0.1) is 12.8 Å². The molecule has 13 heteroatoms. The van der Waals surface area contributed by atoms with Gasteiger partial charge in [-0.2, -0.15) is 33.1 Å². The molecule has 4 aromatic rings. The molecule has 0 fully saturated rings. The predicted molar refractivity (Wildman–Crippen MR) is 104 cm³/mol. The molecule has 0 saturated heterocycles. The van der Waals surface area contributed by atoms with E-state index in [0.717, 1.165) is 11.3 Å². The minimum Gasteiger partial charge on any atom is -0.368 e. The quantitative estimate of drug-likeness (QED) is 0.486. The van der Waals surface area contributed by atoms with Crippen molar-refractivity contribution in [3.05, 3.63) is 42.1 Å². The fraction of sp³-hybridized carbons (Fsp3) is 0.333. The number of aryl methyl sites for hydroxylation is 1. The van der Waals surface area contributed by atoms with Crippen LogP contribution < -0.4 is 11.1 Å². The van der Waals surface area contributed by atoms with E-state index in [2.05, 4.69) is 35.4 Å². The molecule has 4 aromatic heterocycles. The number of aromatic nitrogens is 7. The topological polar surface area (TPSA) is 133 Å². The molecule has 10 nitrogen and oxygen atoms in total. The summed E-state index contributed by atoms with van der Waals surface area (Å²) in [7, 11) is 0. The van der Waals surface area contributed by atoms with Gasteiger partial charge >= 0.3 is 6.18 Å². The van der Waals surface area contributed by atoms with Crippen LogP contribution in [0.1, 0.15) is 37.4 Å². The number of nitrogens with one attached hydrogen (secondary N) is 1. The summed E-state index contributed by atoms with van der Waals surface area (Å²) in [6.45, 7) is 5.41. The third-order valence-electron chi connectivity index (χ3n) is 4.54. The van der Waals surface area contributed by atoms with Gasteiger partial charge in [0.2, 0.25) is 17.8 Å². The second kappa shape index (κ2) is 7.49.